The van der Waals surface area contributed by atoms with Crippen LogP contribution >= 0.6 is 31.9 Å². The van der Waals surface area contributed by atoms with Gasteiger partial charge in [-0.2, -0.15) is 13.5 Å². The molecular weight excluding hydrogens is 712 g/mol. The fourth-order valence-corrected chi connectivity index (χ4v) is 6.50. The lowest BCUT2D eigenvalue weighted by Gasteiger charge is -2.10. The van der Waals surface area contributed by atoms with E-state index in [-0.39, 0.29) is 28.7 Å². The van der Waals surface area contributed by atoms with Gasteiger partial charge in [0.25, 0.3) is 10.1 Å². The lowest BCUT2D eigenvalue weighted by Crippen LogP contribution is -2.18. The molecule has 13 heteroatoms. The quantitative estimate of drug-likeness (QED) is 0.211. The summed E-state index contributed by atoms with van der Waals surface area (Å²) < 4.78 is 68.9. The van der Waals surface area contributed by atoms with Crippen LogP contribution in [0.4, 0.5) is 8.78 Å². The van der Waals surface area contributed by atoms with Gasteiger partial charge in [-0.1, -0.05) is 23.8 Å². The van der Waals surface area contributed by atoms with Crippen LogP contribution in [0.5, 0.6) is 0 Å². The second-order valence-electron chi connectivity index (χ2n) is 10.2. The van der Waals surface area contributed by atoms with Crippen LogP contribution in [0.1, 0.15) is 35.6 Å². The Hall–Kier alpha value is -2.55. The van der Waals surface area contributed by atoms with Crippen molar-refractivity contribution in [3.8, 4) is 0 Å². The van der Waals surface area contributed by atoms with Crippen molar-refractivity contribution in [2.75, 3.05) is 26.4 Å². The minimum atomic E-state index is -3.64. The Balaban J connectivity index is 0.000000131. The van der Waals surface area contributed by atoms with Gasteiger partial charge in [0.2, 0.25) is 0 Å². The van der Waals surface area contributed by atoms with Crippen molar-refractivity contribution in [2.45, 2.75) is 43.4 Å². The average molecular weight is 741 g/mol. The van der Waals surface area contributed by atoms with E-state index < -0.39 is 10.1 Å². The number of rotatable bonds is 4. The molecule has 3 aromatic carbocycles. The van der Waals surface area contributed by atoms with E-state index in [0.717, 1.165) is 29.7 Å². The number of aliphatic imine (C=N–C) groups is 1. The standard InChI is InChI=1S/C11H10BrFN2O.C11H14O4S.C8H5BrFN/c12-9-1-2-10-8(11(9)13)5-14-15(10)7-3-4-16-6-7;1-9-2-4-11(5-3-9)16(12,13)15-10-6-7-14-8-10;9-7-2-1-5-3-11-4-6(5)8(7)10/h1-2,5,7H,3-4,6H2;2-5,10H,6-8H2,1H3;1-2,4H,3H2/t;10-;/m.1./s1. The van der Waals surface area contributed by atoms with Crippen molar-refractivity contribution >= 4 is 59.1 Å². The van der Waals surface area contributed by atoms with Crippen molar-refractivity contribution in [3.63, 3.8) is 0 Å². The molecule has 7 rings (SSSR count). The average Bonchev–Trinajstić information content (AvgIpc) is 3.81. The van der Waals surface area contributed by atoms with Crippen molar-refractivity contribution < 1.29 is 30.9 Å². The molecule has 2 saturated heterocycles. The molecule has 3 aliphatic rings. The maximum atomic E-state index is 13.8. The minimum absolute atomic E-state index is 0.199. The largest absolute Gasteiger partial charge is 0.379 e. The zero-order valence-electron chi connectivity index (χ0n) is 23.2. The summed E-state index contributed by atoms with van der Waals surface area (Å²) in [5.41, 5.74) is 3.43. The molecule has 0 bridgehead atoms. The number of halogens is 4. The number of nitrogens with zero attached hydrogens (tertiary/aromatic N) is 3. The predicted molar refractivity (Wildman–Crippen MR) is 166 cm³/mol. The van der Waals surface area contributed by atoms with Gasteiger partial charge in [0.1, 0.15) is 17.7 Å². The molecule has 4 aromatic rings. The summed E-state index contributed by atoms with van der Waals surface area (Å²) in [6, 6.07) is 14.0. The van der Waals surface area contributed by atoms with Crippen LogP contribution in [0, 0.1) is 18.6 Å². The van der Waals surface area contributed by atoms with Gasteiger partial charge < -0.3 is 9.47 Å². The third kappa shape index (κ3) is 7.58. The number of aromatic nitrogens is 2. The smallest absolute Gasteiger partial charge is 0.297 e. The molecule has 1 aromatic heterocycles. The van der Waals surface area contributed by atoms with Crippen molar-refractivity contribution in [3.05, 3.63) is 92.0 Å². The summed E-state index contributed by atoms with van der Waals surface area (Å²) in [6.07, 6.45) is 4.38. The second kappa shape index (κ2) is 14.0. The Morgan fingerprint density at radius 3 is 2.33 bits per heavy atom. The monoisotopic (exact) mass is 739 g/mol. The second-order valence-corrected chi connectivity index (χ2v) is 13.4. The molecule has 0 aliphatic carbocycles. The number of hydrogen-bond acceptors (Lipinski definition) is 7. The highest BCUT2D eigenvalue weighted by Crippen LogP contribution is 2.29. The predicted octanol–water partition coefficient (Wildman–Crippen LogP) is 6.91. The first kappa shape index (κ1) is 31.9. The third-order valence-electron chi connectivity index (χ3n) is 7.08. The highest BCUT2D eigenvalue weighted by Gasteiger charge is 2.25. The first-order valence-electron chi connectivity index (χ1n) is 13.6. The lowest BCUT2D eigenvalue weighted by molar-refractivity contribution is 0.145. The molecule has 4 heterocycles. The number of aryl methyl sites for hydroxylation is 1. The van der Waals surface area contributed by atoms with Gasteiger partial charge in [-0.15, -0.1) is 0 Å². The number of fused-ring (bicyclic) bond motifs is 2. The fraction of sp³-hybridized carbons (Fsp3) is 0.333. The molecule has 0 amide bonds. The third-order valence-corrected chi connectivity index (χ3v) is 9.68. The van der Waals surface area contributed by atoms with Crippen LogP contribution < -0.4 is 0 Å². The molecule has 0 saturated carbocycles. The van der Waals surface area contributed by atoms with Gasteiger partial charge in [-0.25, -0.2) is 8.78 Å². The zero-order valence-corrected chi connectivity index (χ0v) is 27.2. The molecule has 2 atom stereocenters. The number of ether oxygens (including phenoxy) is 2. The molecule has 0 N–H and O–H groups in total. The maximum absolute atomic E-state index is 13.8. The van der Waals surface area contributed by atoms with E-state index in [1.165, 1.54) is 0 Å². The van der Waals surface area contributed by atoms with E-state index in [0.29, 0.717) is 52.7 Å². The molecular formula is C30H29Br2F2N3O5S. The first-order chi connectivity index (χ1) is 20.6. The number of hydrogen-bond donors (Lipinski definition) is 0. The summed E-state index contributed by atoms with van der Waals surface area (Å²) in [4.78, 5) is 4.17. The van der Waals surface area contributed by atoms with Crippen molar-refractivity contribution in [2.24, 2.45) is 4.99 Å². The van der Waals surface area contributed by atoms with Crippen LogP contribution in [0.3, 0.4) is 0 Å². The lowest BCUT2D eigenvalue weighted by atomic mass is 10.1. The van der Waals surface area contributed by atoms with Gasteiger partial charge in [0.15, 0.2) is 0 Å². The van der Waals surface area contributed by atoms with Crippen LogP contribution in [0.2, 0.25) is 0 Å². The summed E-state index contributed by atoms with van der Waals surface area (Å²) in [7, 11) is -3.64. The molecule has 8 nitrogen and oxygen atoms in total. The van der Waals surface area contributed by atoms with E-state index in [4.69, 9.17) is 13.7 Å². The molecule has 1 unspecified atom stereocenters. The van der Waals surface area contributed by atoms with E-state index >= 15 is 0 Å². The van der Waals surface area contributed by atoms with Crippen LogP contribution in [0.15, 0.2) is 73.6 Å². The van der Waals surface area contributed by atoms with Crippen LogP contribution in [0.25, 0.3) is 10.9 Å². The van der Waals surface area contributed by atoms with Gasteiger partial charge in [0, 0.05) is 31.4 Å². The molecule has 228 valence electrons. The number of benzene rings is 3. The molecule has 2 fully saturated rings. The van der Waals surface area contributed by atoms with Gasteiger partial charge in [-0.05, 0) is 81.1 Å². The zero-order chi connectivity index (χ0) is 30.6. The van der Waals surface area contributed by atoms with Gasteiger partial charge >= 0.3 is 0 Å². The van der Waals surface area contributed by atoms with Crippen molar-refractivity contribution in [1.29, 1.82) is 0 Å². The van der Waals surface area contributed by atoms with Crippen LogP contribution in [-0.2, 0) is 30.3 Å². The minimum Gasteiger partial charge on any atom is -0.379 e. The maximum Gasteiger partial charge on any atom is 0.297 e. The first-order valence-corrected chi connectivity index (χ1v) is 16.6. The summed E-state index contributed by atoms with van der Waals surface area (Å²) in [5, 5.41) is 4.81. The normalized spacial score (nSPS) is 19.1. The van der Waals surface area contributed by atoms with Crippen LogP contribution in [-0.4, -0.2) is 56.9 Å². The Bertz CT molecular complexity index is 1720. The Morgan fingerprint density at radius 2 is 1.63 bits per heavy atom. The highest BCUT2D eigenvalue weighted by molar-refractivity contribution is 9.10. The molecule has 0 spiro atoms. The summed E-state index contributed by atoms with van der Waals surface area (Å²) in [6.45, 7) is 4.85. The van der Waals surface area contributed by atoms with E-state index in [2.05, 4.69) is 42.0 Å². The van der Waals surface area contributed by atoms with Gasteiger partial charge in [0.05, 0.1) is 56.7 Å². The Kier molecular flexibility index (Phi) is 10.4. The van der Waals surface area contributed by atoms with E-state index in [1.807, 2.05) is 23.7 Å². The Morgan fingerprint density at radius 1 is 0.930 bits per heavy atom. The summed E-state index contributed by atoms with van der Waals surface area (Å²) in [5.74, 6) is -0.452. The molecule has 0 radical (unpaired) electrons. The SMILES string of the molecule is Cc1ccc(S(=O)(=O)O[C@@H]2CCOC2)cc1.Fc1c(Br)ccc2c1C=NC2.Fc1c(Br)ccc2c1cnn2C1CCOC1. The van der Waals surface area contributed by atoms with Gasteiger partial charge in [-0.3, -0.25) is 13.9 Å². The molecule has 43 heavy (non-hydrogen) atoms. The Labute approximate surface area is 265 Å². The van der Waals surface area contributed by atoms with E-state index in [9.17, 15) is 17.2 Å². The fourth-order valence-electron chi connectivity index (χ4n) is 4.71. The van der Waals surface area contributed by atoms with E-state index in [1.54, 1.807) is 48.8 Å². The van der Waals surface area contributed by atoms with Crippen molar-refractivity contribution in [1.82, 2.24) is 9.78 Å². The highest BCUT2D eigenvalue weighted by atomic mass is 79.9. The topological polar surface area (TPSA) is 92.0 Å². The summed E-state index contributed by atoms with van der Waals surface area (Å²) >= 11 is 6.28. The molecule has 3 aliphatic heterocycles.